The predicted octanol–water partition coefficient (Wildman–Crippen LogP) is 3.34. The minimum absolute atomic E-state index is 0.0331. The maximum atomic E-state index is 11.7. The molecule has 0 aliphatic carbocycles. The number of nitrogens with zero attached hydrogens (tertiary/aromatic N) is 1. The molecule has 0 amide bonds. The third-order valence-electron chi connectivity index (χ3n) is 3.09. The highest BCUT2D eigenvalue weighted by Gasteiger charge is 2.28. The Labute approximate surface area is 124 Å². The molecule has 0 bridgehead atoms. The number of non-ortho nitro benzene ring substituents is 1. The van der Waals surface area contributed by atoms with Crippen LogP contribution >= 0.6 is 0 Å². The van der Waals surface area contributed by atoms with Gasteiger partial charge >= 0.3 is 5.97 Å². The number of hydrogen-bond donors (Lipinski definition) is 0. The molecule has 1 aromatic carbocycles. The zero-order chi connectivity index (χ0) is 15.9. The number of hydrogen-bond acceptors (Lipinski definition) is 5. The first-order chi connectivity index (χ1) is 9.86. The van der Waals surface area contributed by atoms with Crippen LogP contribution < -0.4 is 4.74 Å². The van der Waals surface area contributed by atoms with Crippen molar-refractivity contribution < 1.29 is 19.2 Å². The predicted molar refractivity (Wildman–Crippen MR) is 78.2 cm³/mol. The summed E-state index contributed by atoms with van der Waals surface area (Å²) in [6, 6.07) is 5.93. The summed E-state index contributed by atoms with van der Waals surface area (Å²) < 4.78 is 10.5. The van der Waals surface area contributed by atoms with E-state index in [2.05, 4.69) is 0 Å². The number of ether oxygens (including phenoxy) is 2. The number of esters is 1. The molecule has 0 unspecified atom stereocenters. The largest absolute Gasteiger partial charge is 0.494 e. The summed E-state index contributed by atoms with van der Waals surface area (Å²) in [4.78, 5) is 21.8. The van der Waals surface area contributed by atoms with Gasteiger partial charge in [-0.3, -0.25) is 14.9 Å². The summed E-state index contributed by atoms with van der Waals surface area (Å²) in [6.07, 6.45) is 1.35. The molecule has 0 heterocycles. The number of rotatable bonds is 8. The highest BCUT2D eigenvalue weighted by molar-refractivity contribution is 5.75. The lowest BCUT2D eigenvalue weighted by atomic mass is 9.88. The quantitative estimate of drug-likeness (QED) is 0.318. The van der Waals surface area contributed by atoms with Gasteiger partial charge in [0.2, 0.25) is 0 Å². The van der Waals surface area contributed by atoms with Gasteiger partial charge < -0.3 is 9.47 Å². The number of nitro groups is 1. The van der Waals surface area contributed by atoms with Gasteiger partial charge in [-0.25, -0.2) is 0 Å². The number of nitro benzene ring substituents is 1. The van der Waals surface area contributed by atoms with Crippen molar-refractivity contribution in [1.29, 1.82) is 0 Å². The summed E-state index contributed by atoms with van der Waals surface area (Å²) in [7, 11) is 0. The Morgan fingerprint density at radius 1 is 1.29 bits per heavy atom. The van der Waals surface area contributed by atoms with Crippen LogP contribution in [0, 0.1) is 15.5 Å². The topological polar surface area (TPSA) is 78.7 Å². The second-order valence-electron chi connectivity index (χ2n) is 5.31. The summed E-state index contributed by atoms with van der Waals surface area (Å²) in [5.74, 6) is 0.370. The molecule has 21 heavy (non-hydrogen) atoms. The molecule has 116 valence electrons. The number of carbonyl (C=O) groups is 1. The molecule has 0 saturated heterocycles. The molecule has 1 aromatic rings. The zero-order valence-electron chi connectivity index (χ0n) is 12.6. The molecular formula is C15H21NO5. The summed E-state index contributed by atoms with van der Waals surface area (Å²) in [6.45, 7) is 6.29. The van der Waals surface area contributed by atoms with Crippen LogP contribution in [-0.2, 0) is 9.53 Å². The van der Waals surface area contributed by atoms with E-state index in [-0.39, 0.29) is 11.7 Å². The van der Waals surface area contributed by atoms with Crippen LogP contribution in [-0.4, -0.2) is 24.1 Å². The SMILES string of the molecule is CCOC(=O)C(C)(C)CCCOc1ccc([N+](=O)[O-])cc1. The molecule has 0 aliphatic rings. The molecule has 0 atom stereocenters. The van der Waals surface area contributed by atoms with E-state index < -0.39 is 10.3 Å². The molecule has 0 aromatic heterocycles. The first kappa shape index (κ1) is 16.9. The fourth-order valence-corrected chi connectivity index (χ4v) is 1.80. The van der Waals surface area contributed by atoms with Crippen molar-refractivity contribution in [3.63, 3.8) is 0 Å². The molecule has 0 saturated carbocycles. The fraction of sp³-hybridized carbons (Fsp3) is 0.533. The second-order valence-corrected chi connectivity index (χ2v) is 5.31. The van der Waals surface area contributed by atoms with Gasteiger partial charge in [-0.05, 0) is 45.7 Å². The first-order valence-corrected chi connectivity index (χ1v) is 6.91. The van der Waals surface area contributed by atoms with E-state index in [9.17, 15) is 14.9 Å². The first-order valence-electron chi connectivity index (χ1n) is 6.91. The van der Waals surface area contributed by atoms with Crippen LogP contribution in [0.1, 0.15) is 33.6 Å². The Morgan fingerprint density at radius 2 is 1.90 bits per heavy atom. The van der Waals surface area contributed by atoms with Crippen molar-refractivity contribution in [3.8, 4) is 5.75 Å². The summed E-state index contributed by atoms with van der Waals surface area (Å²) >= 11 is 0. The van der Waals surface area contributed by atoms with Crippen molar-refractivity contribution in [2.24, 2.45) is 5.41 Å². The van der Waals surface area contributed by atoms with E-state index in [1.165, 1.54) is 12.1 Å². The third-order valence-corrected chi connectivity index (χ3v) is 3.09. The van der Waals surface area contributed by atoms with Gasteiger partial charge in [0.15, 0.2) is 0 Å². The Hall–Kier alpha value is -2.11. The van der Waals surface area contributed by atoms with E-state index in [0.717, 1.165) is 0 Å². The standard InChI is InChI=1S/C15H21NO5/c1-4-20-14(17)15(2,3)10-5-11-21-13-8-6-12(7-9-13)16(18)19/h6-9H,4-5,10-11H2,1-3H3. The summed E-state index contributed by atoms with van der Waals surface area (Å²) in [5.41, 5.74) is -0.500. The van der Waals surface area contributed by atoms with E-state index in [1.807, 2.05) is 13.8 Å². The number of carbonyl (C=O) groups excluding carboxylic acids is 1. The van der Waals surface area contributed by atoms with Gasteiger partial charge in [-0.2, -0.15) is 0 Å². The van der Waals surface area contributed by atoms with Crippen molar-refractivity contribution in [1.82, 2.24) is 0 Å². The van der Waals surface area contributed by atoms with Crippen molar-refractivity contribution in [2.75, 3.05) is 13.2 Å². The normalized spacial score (nSPS) is 11.0. The molecule has 6 heteroatoms. The van der Waals surface area contributed by atoms with Crippen LogP contribution in [0.15, 0.2) is 24.3 Å². The van der Waals surface area contributed by atoms with Gasteiger partial charge in [-0.15, -0.1) is 0 Å². The number of benzene rings is 1. The molecule has 0 fully saturated rings. The van der Waals surface area contributed by atoms with Gasteiger partial charge in [0.1, 0.15) is 5.75 Å². The van der Waals surface area contributed by atoms with Crippen molar-refractivity contribution in [2.45, 2.75) is 33.6 Å². The van der Waals surface area contributed by atoms with Crippen LogP contribution in [0.3, 0.4) is 0 Å². The minimum atomic E-state index is -0.533. The monoisotopic (exact) mass is 295 g/mol. The molecule has 6 nitrogen and oxygen atoms in total. The van der Waals surface area contributed by atoms with Gasteiger partial charge in [-0.1, -0.05) is 0 Å². The molecule has 0 N–H and O–H groups in total. The van der Waals surface area contributed by atoms with E-state index in [4.69, 9.17) is 9.47 Å². The average molecular weight is 295 g/mol. The fourth-order valence-electron chi connectivity index (χ4n) is 1.80. The van der Waals surface area contributed by atoms with Crippen LogP contribution in [0.2, 0.25) is 0 Å². The van der Waals surface area contributed by atoms with Gasteiger partial charge in [0.25, 0.3) is 5.69 Å². The average Bonchev–Trinajstić information content (AvgIpc) is 2.44. The molecule has 1 rings (SSSR count). The Morgan fingerprint density at radius 3 is 2.43 bits per heavy atom. The second kappa shape index (κ2) is 7.61. The van der Waals surface area contributed by atoms with Crippen LogP contribution in [0.5, 0.6) is 5.75 Å². The Bertz CT molecular complexity index is 481. The molecular weight excluding hydrogens is 274 g/mol. The van der Waals surface area contributed by atoms with Crippen molar-refractivity contribution >= 4 is 11.7 Å². The summed E-state index contributed by atoms with van der Waals surface area (Å²) in [5, 5.41) is 10.5. The third kappa shape index (κ3) is 5.41. The highest BCUT2D eigenvalue weighted by atomic mass is 16.6. The Balaban J connectivity index is 2.37. The lowest BCUT2D eigenvalue weighted by Crippen LogP contribution is -2.27. The lowest BCUT2D eigenvalue weighted by molar-refractivity contribution is -0.384. The minimum Gasteiger partial charge on any atom is -0.494 e. The zero-order valence-corrected chi connectivity index (χ0v) is 12.6. The lowest BCUT2D eigenvalue weighted by Gasteiger charge is -2.22. The molecule has 0 radical (unpaired) electrons. The maximum Gasteiger partial charge on any atom is 0.311 e. The van der Waals surface area contributed by atoms with E-state index >= 15 is 0 Å². The van der Waals surface area contributed by atoms with Gasteiger partial charge in [0.05, 0.1) is 23.6 Å². The highest BCUT2D eigenvalue weighted by Crippen LogP contribution is 2.24. The molecule has 0 spiro atoms. The smallest absolute Gasteiger partial charge is 0.311 e. The van der Waals surface area contributed by atoms with Crippen molar-refractivity contribution in [3.05, 3.63) is 34.4 Å². The maximum absolute atomic E-state index is 11.7. The van der Waals surface area contributed by atoms with E-state index in [0.29, 0.717) is 31.8 Å². The molecule has 0 aliphatic heterocycles. The van der Waals surface area contributed by atoms with E-state index in [1.54, 1.807) is 19.1 Å². The Kier molecular flexibility index (Phi) is 6.14. The van der Waals surface area contributed by atoms with Gasteiger partial charge in [0, 0.05) is 12.1 Å². The van der Waals surface area contributed by atoms with Crippen LogP contribution in [0.4, 0.5) is 5.69 Å². The van der Waals surface area contributed by atoms with Crippen LogP contribution in [0.25, 0.3) is 0 Å².